The van der Waals surface area contributed by atoms with Crippen molar-refractivity contribution in [1.29, 1.82) is 0 Å². The number of nitrogens with one attached hydrogen (secondary N) is 1. The molecule has 1 unspecified atom stereocenters. The molecule has 1 fully saturated rings. The number of alkyl halides is 3. The van der Waals surface area contributed by atoms with Crippen LogP contribution in [0.5, 0.6) is 5.75 Å². The predicted molar refractivity (Wildman–Crippen MR) is 87.6 cm³/mol. The minimum absolute atomic E-state index is 0.0307. The summed E-state index contributed by atoms with van der Waals surface area (Å²) in [7, 11) is 0. The topological polar surface area (TPSA) is 100 Å². The molecule has 1 aromatic rings. The lowest BCUT2D eigenvalue weighted by atomic mass is 10.2. The van der Waals surface area contributed by atoms with Crippen LogP contribution in [0.4, 0.5) is 13.2 Å². The van der Waals surface area contributed by atoms with E-state index in [2.05, 4.69) is 36.2 Å². The molecule has 134 valence electrons. The summed E-state index contributed by atoms with van der Waals surface area (Å²) in [6.45, 7) is 0. The summed E-state index contributed by atoms with van der Waals surface area (Å²) in [6.07, 6.45) is -4.03. The number of hydrogen-bond acceptors (Lipinski definition) is 6. The Balaban J connectivity index is 2.09. The van der Waals surface area contributed by atoms with Crippen molar-refractivity contribution in [2.24, 2.45) is 10.2 Å². The maximum atomic E-state index is 12.3. The molecule has 2 rings (SSSR count). The third-order valence-electron chi connectivity index (χ3n) is 2.70. The predicted octanol–water partition coefficient (Wildman–Crippen LogP) is 2.74. The zero-order valence-corrected chi connectivity index (χ0v) is 14.5. The summed E-state index contributed by atoms with van der Waals surface area (Å²) >= 11 is 3.90. The summed E-state index contributed by atoms with van der Waals surface area (Å²) < 4.78 is 40.8. The third kappa shape index (κ3) is 5.74. The van der Waals surface area contributed by atoms with Crippen molar-refractivity contribution >= 4 is 51.0 Å². The highest BCUT2D eigenvalue weighted by Crippen LogP contribution is 2.32. The first-order valence-electron chi connectivity index (χ1n) is 6.50. The van der Waals surface area contributed by atoms with Crippen LogP contribution in [0.2, 0.25) is 0 Å². The average Bonchev–Trinajstić information content (AvgIpc) is 2.81. The van der Waals surface area contributed by atoms with Gasteiger partial charge in [0.2, 0.25) is 5.91 Å². The van der Waals surface area contributed by atoms with E-state index in [0.29, 0.717) is 0 Å². The molecule has 1 atom stereocenters. The first-order valence-corrected chi connectivity index (χ1v) is 8.17. The number of carboxylic acids is 1. The Bertz CT molecular complexity index is 755. The Labute approximate surface area is 151 Å². The average molecular weight is 440 g/mol. The molecular formula is C13H9BrF3N3O4S. The van der Waals surface area contributed by atoms with Gasteiger partial charge in [-0.15, -0.1) is 18.3 Å². The van der Waals surface area contributed by atoms with Crippen molar-refractivity contribution in [2.75, 3.05) is 0 Å². The Hall–Kier alpha value is -2.08. The summed E-state index contributed by atoms with van der Waals surface area (Å²) in [5.74, 6) is -2.06. The van der Waals surface area contributed by atoms with Crippen molar-refractivity contribution in [3.8, 4) is 5.75 Å². The molecule has 12 heteroatoms. The summed E-state index contributed by atoms with van der Waals surface area (Å²) in [6, 6.07) is 3.95. The van der Waals surface area contributed by atoms with E-state index < -0.39 is 29.2 Å². The van der Waals surface area contributed by atoms with E-state index in [9.17, 15) is 22.8 Å². The lowest BCUT2D eigenvalue weighted by Crippen LogP contribution is -2.26. The van der Waals surface area contributed by atoms with Gasteiger partial charge in [-0.05, 0) is 22.0 Å². The van der Waals surface area contributed by atoms with Crippen LogP contribution in [0.3, 0.4) is 0 Å². The lowest BCUT2D eigenvalue weighted by molar-refractivity contribution is -0.274. The highest BCUT2D eigenvalue weighted by Gasteiger charge is 2.33. The van der Waals surface area contributed by atoms with Crippen LogP contribution in [-0.2, 0) is 9.59 Å². The highest BCUT2D eigenvalue weighted by molar-refractivity contribution is 9.10. The van der Waals surface area contributed by atoms with E-state index in [1.54, 1.807) is 0 Å². The fraction of sp³-hybridized carbons (Fsp3) is 0.231. The van der Waals surface area contributed by atoms with Crippen molar-refractivity contribution in [1.82, 2.24) is 5.32 Å². The molecule has 0 spiro atoms. The molecule has 1 saturated heterocycles. The van der Waals surface area contributed by atoms with Gasteiger partial charge in [0, 0.05) is 5.56 Å². The third-order valence-corrected chi connectivity index (χ3v) is 4.62. The van der Waals surface area contributed by atoms with Gasteiger partial charge in [0.05, 0.1) is 17.1 Å². The van der Waals surface area contributed by atoms with Gasteiger partial charge >= 0.3 is 12.3 Å². The molecule has 0 aliphatic carbocycles. The van der Waals surface area contributed by atoms with Gasteiger partial charge in [0.25, 0.3) is 0 Å². The van der Waals surface area contributed by atoms with Crippen molar-refractivity contribution in [3.05, 3.63) is 28.2 Å². The molecule has 1 heterocycles. The monoisotopic (exact) mass is 439 g/mol. The molecule has 0 saturated carbocycles. The van der Waals surface area contributed by atoms with E-state index >= 15 is 0 Å². The number of carbonyl (C=O) groups excluding carboxylic acids is 1. The molecule has 0 bridgehead atoms. The number of benzene rings is 1. The van der Waals surface area contributed by atoms with Crippen LogP contribution in [0.25, 0.3) is 0 Å². The molecular weight excluding hydrogens is 431 g/mol. The number of nitrogens with zero attached hydrogens (tertiary/aromatic N) is 2. The fourth-order valence-electron chi connectivity index (χ4n) is 1.72. The van der Waals surface area contributed by atoms with Gasteiger partial charge < -0.3 is 15.2 Å². The van der Waals surface area contributed by atoms with Crippen LogP contribution in [0.1, 0.15) is 12.0 Å². The molecule has 2 N–H and O–H groups in total. The number of carboxylic acid groups (broad SMARTS) is 1. The number of ether oxygens (including phenoxy) is 1. The summed E-state index contributed by atoms with van der Waals surface area (Å²) in [5, 5.41) is 17.7. The number of amides is 1. The van der Waals surface area contributed by atoms with E-state index in [-0.39, 0.29) is 21.6 Å². The Morgan fingerprint density at radius 1 is 1.48 bits per heavy atom. The van der Waals surface area contributed by atoms with Gasteiger partial charge in [-0.2, -0.15) is 5.10 Å². The minimum atomic E-state index is -4.83. The zero-order chi connectivity index (χ0) is 18.6. The first-order chi connectivity index (χ1) is 11.7. The van der Waals surface area contributed by atoms with Crippen LogP contribution in [0, 0.1) is 0 Å². The van der Waals surface area contributed by atoms with Crippen LogP contribution >= 0.6 is 27.7 Å². The minimum Gasteiger partial charge on any atom is -0.481 e. The number of hydrogen-bond donors (Lipinski definition) is 2. The molecule has 1 aromatic carbocycles. The second-order valence-corrected chi connectivity index (χ2v) is 6.53. The van der Waals surface area contributed by atoms with Crippen LogP contribution < -0.4 is 10.1 Å². The normalized spacial score (nSPS) is 19.4. The number of rotatable bonds is 5. The fourth-order valence-corrected chi connectivity index (χ4v) is 3.08. The Morgan fingerprint density at radius 3 is 2.84 bits per heavy atom. The van der Waals surface area contributed by atoms with Gasteiger partial charge in [-0.25, -0.2) is 0 Å². The lowest BCUT2D eigenvalue weighted by Gasteiger charge is -2.11. The highest BCUT2D eigenvalue weighted by atomic mass is 79.9. The van der Waals surface area contributed by atoms with E-state index in [4.69, 9.17) is 5.11 Å². The SMILES string of the molecule is O=C(O)CC1SC(=NN=Cc2cccc(OC(F)(F)F)c2Br)NC1=O. The van der Waals surface area contributed by atoms with Gasteiger partial charge in [-0.1, -0.05) is 23.9 Å². The van der Waals surface area contributed by atoms with Crippen LogP contribution in [0.15, 0.2) is 32.9 Å². The second kappa shape index (κ2) is 7.87. The zero-order valence-electron chi connectivity index (χ0n) is 12.1. The number of thioether (sulfide) groups is 1. The summed E-state index contributed by atoms with van der Waals surface area (Å²) in [4.78, 5) is 22.1. The van der Waals surface area contributed by atoms with Gasteiger partial charge in [0.15, 0.2) is 5.17 Å². The van der Waals surface area contributed by atoms with Crippen molar-refractivity contribution in [2.45, 2.75) is 18.0 Å². The van der Waals surface area contributed by atoms with E-state index in [0.717, 1.165) is 24.0 Å². The number of aliphatic carboxylic acids is 1. The standard InChI is InChI=1S/C13H9BrF3N3O4S/c14-10-6(2-1-3-7(10)24-13(15,16)17)5-18-20-12-19-11(23)8(25-12)4-9(21)22/h1-3,5,8H,4H2,(H,21,22)(H,19,20,23). The van der Waals surface area contributed by atoms with E-state index in [1.807, 2.05) is 0 Å². The quantitative estimate of drug-likeness (QED) is 0.542. The molecule has 0 radical (unpaired) electrons. The molecule has 1 amide bonds. The van der Waals surface area contributed by atoms with Crippen LogP contribution in [-0.4, -0.2) is 40.0 Å². The maximum absolute atomic E-state index is 12.3. The first kappa shape index (κ1) is 19.2. The number of halogens is 4. The molecule has 1 aliphatic heterocycles. The maximum Gasteiger partial charge on any atom is 0.573 e. The Morgan fingerprint density at radius 2 is 2.20 bits per heavy atom. The molecule has 25 heavy (non-hydrogen) atoms. The number of amidine groups is 1. The Kier molecular flexibility index (Phi) is 6.06. The number of carbonyl (C=O) groups is 2. The van der Waals surface area contributed by atoms with Gasteiger partial charge in [-0.3, -0.25) is 9.59 Å². The second-order valence-electron chi connectivity index (χ2n) is 4.55. The smallest absolute Gasteiger partial charge is 0.481 e. The molecule has 1 aliphatic rings. The molecule has 0 aromatic heterocycles. The largest absolute Gasteiger partial charge is 0.573 e. The van der Waals surface area contributed by atoms with E-state index in [1.165, 1.54) is 12.1 Å². The van der Waals surface area contributed by atoms with Crippen molar-refractivity contribution < 1.29 is 32.6 Å². The van der Waals surface area contributed by atoms with Gasteiger partial charge in [0.1, 0.15) is 11.0 Å². The van der Waals surface area contributed by atoms with Crippen molar-refractivity contribution in [3.63, 3.8) is 0 Å². The summed E-state index contributed by atoms with van der Waals surface area (Å²) in [5.41, 5.74) is 0.266. The molecule has 7 nitrogen and oxygen atoms in total.